The lowest BCUT2D eigenvalue weighted by molar-refractivity contribution is -0.0685. The van der Waals surface area contributed by atoms with Crippen molar-refractivity contribution in [2.24, 2.45) is 5.73 Å². The van der Waals surface area contributed by atoms with E-state index >= 15 is 0 Å². The fourth-order valence-corrected chi connectivity index (χ4v) is 3.42. The number of ether oxygens (including phenoxy) is 1. The van der Waals surface area contributed by atoms with E-state index in [9.17, 15) is 0 Å². The van der Waals surface area contributed by atoms with Crippen molar-refractivity contribution in [3.63, 3.8) is 0 Å². The van der Waals surface area contributed by atoms with E-state index < -0.39 is 0 Å². The fourth-order valence-electron chi connectivity index (χ4n) is 3.42. The summed E-state index contributed by atoms with van der Waals surface area (Å²) in [6, 6.07) is 2.52. The molecular formula is C17H31N3O. The first kappa shape index (κ1) is 16.5. The van der Waals surface area contributed by atoms with Crippen molar-refractivity contribution in [2.75, 3.05) is 6.61 Å². The third-order valence-electron chi connectivity index (χ3n) is 4.68. The second kappa shape index (κ2) is 7.41. The lowest BCUT2D eigenvalue weighted by Crippen LogP contribution is -2.51. The van der Waals surface area contributed by atoms with Crippen molar-refractivity contribution in [3.8, 4) is 0 Å². The van der Waals surface area contributed by atoms with Crippen molar-refractivity contribution in [1.29, 1.82) is 0 Å². The molecule has 1 unspecified atom stereocenters. The van der Waals surface area contributed by atoms with Crippen LogP contribution in [-0.2, 0) is 11.2 Å². The first-order chi connectivity index (χ1) is 10.1. The molecule has 0 amide bonds. The van der Waals surface area contributed by atoms with Gasteiger partial charge in [0.1, 0.15) is 0 Å². The van der Waals surface area contributed by atoms with Crippen LogP contribution in [0.5, 0.6) is 0 Å². The van der Waals surface area contributed by atoms with Gasteiger partial charge in [-0.25, -0.2) is 0 Å². The van der Waals surface area contributed by atoms with Gasteiger partial charge in [0, 0.05) is 31.3 Å². The van der Waals surface area contributed by atoms with Crippen LogP contribution in [0, 0.1) is 0 Å². The summed E-state index contributed by atoms with van der Waals surface area (Å²) in [4.78, 5) is 0. The lowest BCUT2D eigenvalue weighted by Gasteiger charge is -2.38. The molecule has 2 rings (SSSR count). The van der Waals surface area contributed by atoms with Crippen LogP contribution in [0.15, 0.2) is 12.3 Å². The first-order valence-electron chi connectivity index (χ1n) is 8.51. The minimum absolute atomic E-state index is 0.0334. The molecule has 0 aliphatic heterocycles. The SMILES string of the molecule is CCOC1(C(N)Cc2ccn(C(C)C)n2)CCCCCC1. The molecule has 1 heterocycles. The predicted octanol–water partition coefficient (Wildman–Crippen LogP) is 3.46. The molecule has 120 valence electrons. The van der Waals surface area contributed by atoms with Gasteiger partial charge in [-0.05, 0) is 39.7 Å². The van der Waals surface area contributed by atoms with E-state index in [1.54, 1.807) is 0 Å². The Morgan fingerprint density at radius 1 is 1.29 bits per heavy atom. The summed E-state index contributed by atoms with van der Waals surface area (Å²) in [7, 11) is 0. The molecule has 21 heavy (non-hydrogen) atoms. The quantitative estimate of drug-likeness (QED) is 0.817. The van der Waals surface area contributed by atoms with Gasteiger partial charge < -0.3 is 10.5 Å². The predicted molar refractivity (Wildman–Crippen MR) is 86.4 cm³/mol. The molecule has 0 bridgehead atoms. The monoisotopic (exact) mass is 293 g/mol. The summed E-state index contributed by atoms with van der Waals surface area (Å²) in [5.41, 5.74) is 7.52. The van der Waals surface area contributed by atoms with Gasteiger partial charge in [0.2, 0.25) is 0 Å². The minimum atomic E-state index is -0.146. The van der Waals surface area contributed by atoms with E-state index in [0.717, 1.165) is 31.6 Å². The average Bonchev–Trinajstić information content (AvgIpc) is 2.78. The normalized spacial score (nSPS) is 20.4. The van der Waals surface area contributed by atoms with Gasteiger partial charge >= 0.3 is 0 Å². The van der Waals surface area contributed by atoms with Crippen LogP contribution < -0.4 is 5.73 Å². The third-order valence-corrected chi connectivity index (χ3v) is 4.68. The van der Waals surface area contributed by atoms with E-state index in [1.165, 1.54) is 25.7 Å². The summed E-state index contributed by atoms with van der Waals surface area (Å²) in [5, 5.41) is 4.64. The lowest BCUT2D eigenvalue weighted by atomic mass is 9.84. The van der Waals surface area contributed by atoms with E-state index in [4.69, 9.17) is 10.5 Å². The first-order valence-corrected chi connectivity index (χ1v) is 8.51. The van der Waals surface area contributed by atoms with Crippen LogP contribution >= 0.6 is 0 Å². The maximum atomic E-state index is 6.58. The molecular weight excluding hydrogens is 262 g/mol. The number of rotatable bonds is 6. The van der Waals surface area contributed by atoms with Gasteiger partial charge in [-0.1, -0.05) is 25.7 Å². The van der Waals surface area contributed by atoms with Gasteiger partial charge in [-0.15, -0.1) is 0 Å². The summed E-state index contributed by atoms with van der Waals surface area (Å²) in [6.07, 6.45) is 10.1. The minimum Gasteiger partial charge on any atom is -0.374 e. The largest absolute Gasteiger partial charge is 0.374 e. The third kappa shape index (κ3) is 4.07. The number of hydrogen-bond donors (Lipinski definition) is 1. The zero-order chi connectivity index (χ0) is 15.3. The Bertz CT molecular complexity index is 419. The molecule has 1 saturated carbocycles. The highest BCUT2D eigenvalue weighted by atomic mass is 16.5. The van der Waals surface area contributed by atoms with Gasteiger partial charge in [0.25, 0.3) is 0 Å². The van der Waals surface area contributed by atoms with Crippen molar-refractivity contribution < 1.29 is 4.74 Å². The molecule has 1 aromatic rings. The molecule has 1 aromatic heterocycles. The summed E-state index contributed by atoms with van der Waals surface area (Å²) < 4.78 is 8.18. The number of hydrogen-bond acceptors (Lipinski definition) is 3. The van der Waals surface area contributed by atoms with Crippen LogP contribution in [0.2, 0.25) is 0 Å². The summed E-state index contributed by atoms with van der Waals surface area (Å²) >= 11 is 0. The van der Waals surface area contributed by atoms with Crippen molar-refractivity contribution in [3.05, 3.63) is 18.0 Å². The standard InChI is InChI=1S/C17H31N3O/c1-4-21-17(10-7-5-6-8-11-17)16(18)13-15-9-12-20(19-15)14(2)3/h9,12,14,16H,4-8,10-11,13,18H2,1-3H3. The number of nitrogens with zero attached hydrogens (tertiary/aromatic N) is 2. The maximum absolute atomic E-state index is 6.58. The van der Waals surface area contributed by atoms with E-state index in [0.29, 0.717) is 6.04 Å². The zero-order valence-electron chi connectivity index (χ0n) is 13.8. The van der Waals surface area contributed by atoms with Crippen molar-refractivity contribution in [1.82, 2.24) is 9.78 Å². The molecule has 1 aliphatic rings. The highest BCUT2D eigenvalue weighted by molar-refractivity contribution is 5.06. The van der Waals surface area contributed by atoms with Crippen LogP contribution in [-0.4, -0.2) is 28.0 Å². The highest BCUT2D eigenvalue weighted by Gasteiger charge is 2.38. The smallest absolute Gasteiger partial charge is 0.0836 e. The van der Waals surface area contributed by atoms with Crippen LogP contribution in [0.4, 0.5) is 0 Å². The topological polar surface area (TPSA) is 53.1 Å². The van der Waals surface area contributed by atoms with Gasteiger partial charge in [0.15, 0.2) is 0 Å². The Morgan fingerprint density at radius 2 is 1.95 bits per heavy atom. The Morgan fingerprint density at radius 3 is 2.48 bits per heavy atom. The summed E-state index contributed by atoms with van der Waals surface area (Å²) in [6.45, 7) is 7.11. The van der Waals surface area contributed by atoms with Gasteiger partial charge in [0.05, 0.1) is 11.3 Å². The second-order valence-corrected chi connectivity index (χ2v) is 6.60. The van der Waals surface area contributed by atoms with Gasteiger partial charge in [-0.3, -0.25) is 4.68 Å². The van der Waals surface area contributed by atoms with Crippen LogP contribution in [0.1, 0.15) is 71.0 Å². The molecule has 0 saturated heterocycles. The second-order valence-electron chi connectivity index (χ2n) is 6.60. The van der Waals surface area contributed by atoms with E-state index in [-0.39, 0.29) is 11.6 Å². The number of aromatic nitrogens is 2. The van der Waals surface area contributed by atoms with Crippen molar-refractivity contribution in [2.45, 2.75) is 83.4 Å². The van der Waals surface area contributed by atoms with Crippen LogP contribution in [0.3, 0.4) is 0 Å². The molecule has 4 heteroatoms. The molecule has 1 atom stereocenters. The Labute approximate surface area is 129 Å². The summed E-state index contributed by atoms with van der Waals surface area (Å²) in [5.74, 6) is 0. The molecule has 4 nitrogen and oxygen atoms in total. The molecule has 1 aliphatic carbocycles. The Kier molecular flexibility index (Phi) is 5.82. The molecule has 1 fully saturated rings. The Hall–Kier alpha value is -0.870. The van der Waals surface area contributed by atoms with Crippen molar-refractivity contribution >= 4 is 0 Å². The average molecular weight is 293 g/mol. The molecule has 0 aromatic carbocycles. The Balaban J connectivity index is 2.08. The van der Waals surface area contributed by atoms with E-state index in [1.807, 2.05) is 10.9 Å². The highest BCUT2D eigenvalue weighted by Crippen LogP contribution is 2.33. The molecule has 2 N–H and O–H groups in total. The van der Waals surface area contributed by atoms with Crippen LogP contribution in [0.25, 0.3) is 0 Å². The number of nitrogens with two attached hydrogens (primary N) is 1. The fraction of sp³-hybridized carbons (Fsp3) is 0.824. The van der Waals surface area contributed by atoms with Gasteiger partial charge in [-0.2, -0.15) is 5.10 Å². The van der Waals surface area contributed by atoms with E-state index in [2.05, 4.69) is 31.9 Å². The maximum Gasteiger partial charge on any atom is 0.0836 e. The molecule has 0 radical (unpaired) electrons. The molecule has 0 spiro atoms. The zero-order valence-corrected chi connectivity index (χ0v) is 13.8.